The van der Waals surface area contributed by atoms with E-state index in [-0.39, 0.29) is 0 Å². The van der Waals surface area contributed by atoms with Crippen LogP contribution in [-0.2, 0) is 0 Å². The first-order valence-electron chi connectivity index (χ1n) is 7.95. The minimum atomic E-state index is 0.396. The van der Waals surface area contributed by atoms with Gasteiger partial charge in [0.1, 0.15) is 5.75 Å². The maximum absolute atomic E-state index is 5.36. The topological polar surface area (TPSA) is 64.1 Å². The van der Waals surface area contributed by atoms with Crippen molar-refractivity contribution < 1.29 is 14.2 Å². The molecule has 0 aliphatic heterocycles. The Bertz CT molecular complexity index is 822. The van der Waals surface area contributed by atoms with Crippen molar-refractivity contribution in [2.24, 2.45) is 5.10 Å². The van der Waals surface area contributed by atoms with Crippen LogP contribution in [0.25, 0.3) is 0 Å². The van der Waals surface area contributed by atoms with Gasteiger partial charge in [-0.05, 0) is 43.8 Å². The van der Waals surface area contributed by atoms with E-state index in [9.17, 15) is 0 Å². The van der Waals surface area contributed by atoms with Crippen LogP contribution < -0.4 is 25.0 Å². The number of rotatable bonds is 6. The van der Waals surface area contributed by atoms with Crippen molar-refractivity contribution >= 4 is 29.2 Å². The molecule has 0 bridgehead atoms. The van der Waals surface area contributed by atoms with Gasteiger partial charge in [-0.1, -0.05) is 17.7 Å². The summed E-state index contributed by atoms with van der Waals surface area (Å²) < 4.78 is 15.9. The third-order valence-corrected chi connectivity index (χ3v) is 3.93. The van der Waals surface area contributed by atoms with Crippen LogP contribution in [0.5, 0.6) is 17.2 Å². The van der Waals surface area contributed by atoms with Gasteiger partial charge < -0.3 is 19.5 Å². The first kappa shape index (κ1) is 19.5. The molecular formula is C19H23N3O3S. The van der Waals surface area contributed by atoms with Crippen LogP contribution >= 0.6 is 12.2 Å². The minimum absolute atomic E-state index is 0.396. The Morgan fingerprint density at radius 3 is 2.23 bits per heavy atom. The average molecular weight is 373 g/mol. The average Bonchev–Trinajstić information content (AvgIpc) is 2.63. The number of nitrogens with one attached hydrogen (secondary N) is 2. The van der Waals surface area contributed by atoms with Gasteiger partial charge in [0.05, 0.1) is 27.5 Å². The van der Waals surface area contributed by atoms with Gasteiger partial charge in [-0.2, -0.15) is 5.10 Å². The molecule has 0 spiro atoms. The molecule has 138 valence electrons. The van der Waals surface area contributed by atoms with Crippen LogP contribution in [0, 0.1) is 13.8 Å². The highest BCUT2D eigenvalue weighted by Gasteiger charge is 2.10. The molecule has 2 aromatic rings. The molecule has 0 amide bonds. The smallest absolute Gasteiger partial charge is 0.191 e. The molecule has 7 heteroatoms. The number of benzene rings is 2. The molecule has 0 aliphatic rings. The van der Waals surface area contributed by atoms with Crippen molar-refractivity contribution in [3.8, 4) is 17.2 Å². The lowest BCUT2D eigenvalue weighted by atomic mass is 10.1. The highest BCUT2D eigenvalue weighted by molar-refractivity contribution is 7.80. The van der Waals surface area contributed by atoms with Gasteiger partial charge in [-0.25, -0.2) is 0 Å². The first-order chi connectivity index (χ1) is 12.5. The van der Waals surface area contributed by atoms with Crippen molar-refractivity contribution in [2.75, 3.05) is 26.6 Å². The molecule has 0 aromatic heterocycles. The molecule has 2 N–H and O–H groups in total. The lowest BCUT2D eigenvalue weighted by Gasteiger charge is -2.12. The summed E-state index contributed by atoms with van der Waals surface area (Å²) in [5, 5.41) is 7.69. The summed E-state index contributed by atoms with van der Waals surface area (Å²) in [7, 11) is 4.73. The standard InChI is InChI=1S/C19H23N3O3S/c1-12-6-7-15(13(2)8-12)21-19(26)22-20-11-14-9-17(24-4)18(25-5)10-16(14)23-3/h6-11H,1-5H3,(H2,21,22,26)/b20-11-. The van der Waals surface area contributed by atoms with Crippen LogP contribution in [0.1, 0.15) is 16.7 Å². The van der Waals surface area contributed by atoms with E-state index in [1.807, 2.05) is 26.0 Å². The number of methoxy groups -OCH3 is 3. The molecule has 0 saturated carbocycles. The molecule has 2 rings (SSSR count). The fourth-order valence-corrected chi connectivity index (χ4v) is 2.58. The quantitative estimate of drug-likeness (QED) is 0.458. The summed E-state index contributed by atoms with van der Waals surface area (Å²) in [5.74, 6) is 1.79. The van der Waals surface area contributed by atoms with E-state index in [4.69, 9.17) is 26.4 Å². The number of hydrazone groups is 1. The summed E-state index contributed by atoms with van der Waals surface area (Å²) in [6.45, 7) is 4.07. The number of thiocarbonyl (C=S) groups is 1. The lowest BCUT2D eigenvalue weighted by molar-refractivity contribution is 0.349. The van der Waals surface area contributed by atoms with Crippen molar-refractivity contribution in [1.29, 1.82) is 0 Å². The highest BCUT2D eigenvalue weighted by Crippen LogP contribution is 2.33. The third kappa shape index (κ3) is 4.86. The molecule has 6 nitrogen and oxygen atoms in total. The van der Waals surface area contributed by atoms with E-state index in [1.165, 1.54) is 5.56 Å². The predicted molar refractivity (Wildman–Crippen MR) is 109 cm³/mol. The van der Waals surface area contributed by atoms with Crippen LogP contribution in [0.15, 0.2) is 35.4 Å². The number of ether oxygens (including phenoxy) is 3. The number of hydrogen-bond donors (Lipinski definition) is 2. The Kier molecular flexibility index (Phi) is 6.80. The van der Waals surface area contributed by atoms with Crippen molar-refractivity contribution in [1.82, 2.24) is 5.43 Å². The molecule has 0 atom stereocenters. The number of hydrogen-bond acceptors (Lipinski definition) is 5. The number of anilines is 1. The molecule has 0 heterocycles. The van der Waals surface area contributed by atoms with Crippen molar-refractivity contribution in [2.45, 2.75) is 13.8 Å². The monoisotopic (exact) mass is 373 g/mol. The fourth-order valence-electron chi connectivity index (χ4n) is 2.42. The minimum Gasteiger partial charge on any atom is -0.496 e. The zero-order valence-corrected chi connectivity index (χ0v) is 16.4. The van der Waals surface area contributed by atoms with E-state index in [0.717, 1.165) is 16.8 Å². The van der Waals surface area contributed by atoms with E-state index in [2.05, 4.69) is 21.9 Å². The first-order valence-corrected chi connectivity index (χ1v) is 8.36. The molecule has 0 saturated heterocycles. The second-order valence-corrected chi connectivity index (χ2v) is 6.00. The zero-order chi connectivity index (χ0) is 19.1. The Labute approximate surface area is 159 Å². The lowest BCUT2D eigenvalue weighted by Crippen LogP contribution is -2.24. The zero-order valence-electron chi connectivity index (χ0n) is 15.5. The second-order valence-electron chi connectivity index (χ2n) is 5.59. The van der Waals surface area contributed by atoms with Crippen molar-refractivity contribution in [3.63, 3.8) is 0 Å². The number of nitrogens with zero attached hydrogens (tertiary/aromatic N) is 1. The van der Waals surface area contributed by atoms with Gasteiger partial charge in [0.2, 0.25) is 0 Å². The van der Waals surface area contributed by atoms with E-state index in [0.29, 0.717) is 22.4 Å². The van der Waals surface area contributed by atoms with Gasteiger partial charge in [0.25, 0.3) is 0 Å². The van der Waals surface area contributed by atoms with Crippen LogP contribution in [0.2, 0.25) is 0 Å². The van der Waals surface area contributed by atoms with Gasteiger partial charge in [-0.3, -0.25) is 5.43 Å². The Morgan fingerprint density at radius 1 is 0.962 bits per heavy atom. The maximum Gasteiger partial charge on any atom is 0.191 e. The molecule has 0 aliphatic carbocycles. The van der Waals surface area contributed by atoms with Gasteiger partial charge in [-0.15, -0.1) is 0 Å². The van der Waals surface area contributed by atoms with Crippen LogP contribution in [-0.4, -0.2) is 32.7 Å². The molecule has 0 fully saturated rings. The van der Waals surface area contributed by atoms with Crippen LogP contribution in [0.3, 0.4) is 0 Å². The Balaban J connectivity index is 2.08. The Hall–Kier alpha value is -2.80. The summed E-state index contributed by atoms with van der Waals surface area (Å²) in [5.41, 5.74) is 6.78. The molecule has 2 aromatic carbocycles. The second kappa shape index (κ2) is 9.05. The van der Waals surface area contributed by atoms with Crippen molar-refractivity contribution in [3.05, 3.63) is 47.0 Å². The summed E-state index contributed by atoms with van der Waals surface area (Å²) in [6.07, 6.45) is 1.61. The van der Waals surface area contributed by atoms with E-state index in [1.54, 1.807) is 39.7 Å². The third-order valence-electron chi connectivity index (χ3n) is 3.74. The SMILES string of the molecule is COc1cc(OC)c(OC)cc1/C=N\NC(=S)Nc1ccc(C)cc1C. The molecular weight excluding hydrogens is 350 g/mol. The fraction of sp³-hybridized carbons (Fsp3) is 0.263. The number of aryl methyl sites for hydroxylation is 2. The predicted octanol–water partition coefficient (Wildman–Crippen LogP) is 3.65. The van der Waals surface area contributed by atoms with Gasteiger partial charge in [0.15, 0.2) is 16.6 Å². The highest BCUT2D eigenvalue weighted by atomic mass is 32.1. The van der Waals surface area contributed by atoms with Crippen LogP contribution in [0.4, 0.5) is 5.69 Å². The molecule has 26 heavy (non-hydrogen) atoms. The summed E-state index contributed by atoms with van der Waals surface area (Å²) >= 11 is 5.28. The summed E-state index contributed by atoms with van der Waals surface area (Å²) in [4.78, 5) is 0. The van der Waals surface area contributed by atoms with E-state index < -0.39 is 0 Å². The largest absolute Gasteiger partial charge is 0.496 e. The van der Waals surface area contributed by atoms with Gasteiger partial charge >= 0.3 is 0 Å². The normalized spacial score (nSPS) is 10.5. The summed E-state index contributed by atoms with van der Waals surface area (Å²) in [6, 6.07) is 9.62. The Morgan fingerprint density at radius 2 is 1.62 bits per heavy atom. The van der Waals surface area contributed by atoms with Gasteiger partial charge in [0, 0.05) is 17.3 Å². The maximum atomic E-state index is 5.36. The molecule has 0 radical (unpaired) electrons. The molecule has 0 unspecified atom stereocenters. The van der Waals surface area contributed by atoms with E-state index >= 15 is 0 Å².